The fraction of sp³-hybridized carbons (Fsp3) is 0.653. The fourth-order valence-electron chi connectivity index (χ4n) is 14.6. The lowest BCUT2D eigenvalue weighted by Gasteiger charge is -2.72. The molecule has 0 aliphatic heterocycles. The zero-order chi connectivity index (χ0) is 40.1. The molecule has 0 spiro atoms. The van der Waals surface area contributed by atoms with Crippen LogP contribution < -0.4 is 5.32 Å². The summed E-state index contributed by atoms with van der Waals surface area (Å²) in [5, 5.41) is 22.6. The Morgan fingerprint density at radius 2 is 1.55 bits per heavy atom. The van der Waals surface area contributed by atoms with Crippen LogP contribution in [-0.2, 0) is 16.1 Å². The predicted molar refractivity (Wildman–Crippen MR) is 223 cm³/mol. The normalized spacial score (nSPS) is 35.7. The number of aliphatic carboxylic acids is 1. The number of nitrogens with zero attached hydrogens (tertiary/aromatic N) is 1. The van der Waals surface area contributed by atoms with E-state index in [-0.39, 0.29) is 39.5 Å². The van der Waals surface area contributed by atoms with Gasteiger partial charge in [-0.3, -0.25) is 14.5 Å². The van der Waals surface area contributed by atoms with Gasteiger partial charge in [-0.1, -0.05) is 109 Å². The zero-order valence-electron chi connectivity index (χ0n) is 35.0. The second-order valence-corrected chi connectivity index (χ2v) is 20.1. The van der Waals surface area contributed by atoms with Gasteiger partial charge in [0.15, 0.2) is 0 Å². The molecule has 0 radical (unpaired) electrons. The van der Waals surface area contributed by atoms with Gasteiger partial charge in [-0.2, -0.15) is 0 Å². The summed E-state index contributed by atoms with van der Waals surface area (Å²) in [6, 6.07) is 17.5. The van der Waals surface area contributed by atoms with Gasteiger partial charge in [0.25, 0.3) is 0 Å². The summed E-state index contributed by atoms with van der Waals surface area (Å²) in [6.45, 7) is 16.6. The Morgan fingerprint density at radius 3 is 2.23 bits per heavy atom. The highest BCUT2D eigenvalue weighted by atomic mass is 16.4. The lowest BCUT2D eigenvalue weighted by atomic mass is 9.32. The van der Waals surface area contributed by atoms with E-state index in [0.717, 1.165) is 43.2 Å². The van der Waals surface area contributed by atoms with E-state index in [2.05, 4.69) is 52.9 Å². The highest BCUT2D eigenvalue weighted by Crippen LogP contribution is 2.77. The number of fused-ring (bicyclic) bond motifs is 7. The van der Waals surface area contributed by atoms with Crippen LogP contribution in [0.25, 0.3) is 5.57 Å². The highest BCUT2D eigenvalue weighted by Gasteiger charge is 2.71. The first-order chi connectivity index (χ1) is 26.6. The van der Waals surface area contributed by atoms with Crippen molar-refractivity contribution < 1.29 is 24.6 Å². The number of benzene rings is 2. The van der Waals surface area contributed by atoms with Crippen molar-refractivity contribution in [1.82, 2.24) is 10.2 Å². The van der Waals surface area contributed by atoms with Crippen molar-refractivity contribution in [3.05, 3.63) is 77.4 Å². The van der Waals surface area contributed by atoms with Gasteiger partial charge in [-0.15, -0.1) is 0 Å². The number of carbonyl (C=O) groups excluding carboxylic acids is 1. The maximum Gasteiger partial charge on any atom is 0.335 e. The van der Waals surface area contributed by atoms with E-state index in [1.165, 1.54) is 50.5 Å². The monoisotopic (exact) mass is 765 g/mol. The molecule has 2 aromatic carbocycles. The van der Waals surface area contributed by atoms with Crippen LogP contribution >= 0.6 is 0 Å². The van der Waals surface area contributed by atoms with Crippen molar-refractivity contribution in [2.24, 2.45) is 56.7 Å². The van der Waals surface area contributed by atoms with Gasteiger partial charge in [-0.25, -0.2) is 4.79 Å². The van der Waals surface area contributed by atoms with Crippen molar-refractivity contribution in [2.75, 3.05) is 19.6 Å². The zero-order valence-corrected chi connectivity index (χ0v) is 35.0. The lowest BCUT2D eigenvalue weighted by molar-refractivity contribution is -0.226. The maximum atomic E-state index is 14.8. The molecule has 0 saturated heterocycles. The number of unbranched alkanes of at least 4 members (excludes halogenated alkanes) is 1. The number of aromatic carboxylic acids is 1. The molecule has 7 rings (SSSR count). The minimum absolute atomic E-state index is 0.0333. The Labute approximate surface area is 336 Å². The van der Waals surface area contributed by atoms with Gasteiger partial charge in [-0.05, 0) is 138 Å². The summed E-state index contributed by atoms with van der Waals surface area (Å²) >= 11 is 0. The minimum atomic E-state index is -0.884. The summed E-state index contributed by atoms with van der Waals surface area (Å²) in [6.07, 6.45) is 16.1. The number of rotatable bonds is 13. The van der Waals surface area contributed by atoms with Crippen LogP contribution in [0.15, 0.2) is 60.7 Å². The Kier molecular flexibility index (Phi) is 11.2. The first-order valence-corrected chi connectivity index (χ1v) is 21.9. The largest absolute Gasteiger partial charge is 0.480 e. The Bertz CT molecular complexity index is 1800. The highest BCUT2D eigenvalue weighted by molar-refractivity contribution is 5.88. The molecule has 5 aliphatic carbocycles. The molecule has 7 nitrogen and oxygen atoms in total. The van der Waals surface area contributed by atoms with Crippen LogP contribution in [0.2, 0.25) is 0 Å². The smallest absolute Gasteiger partial charge is 0.335 e. The number of carboxylic acid groups (broad SMARTS) is 2. The van der Waals surface area contributed by atoms with Gasteiger partial charge in [0.1, 0.15) is 0 Å². The van der Waals surface area contributed by atoms with Gasteiger partial charge in [0.2, 0.25) is 5.91 Å². The van der Waals surface area contributed by atoms with Gasteiger partial charge in [0, 0.05) is 19.6 Å². The summed E-state index contributed by atoms with van der Waals surface area (Å²) in [4.78, 5) is 40.1. The van der Waals surface area contributed by atoms with E-state index in [1.54, 1.807) is 12.1 Å². The molecule has 0 bridgehead atoms. The second-order valence-electron chi connectivity index (χ2n) is 20.1. The number of hydrogen-bond acceptors (Lipinski definition) is 4. The third-order valence-electron chi connectivity index (χ3n) is 17.3. The Morgan fingerprint density at radius 1 is 0.821 bits per heavy atom. The number of nitrogens with one attached hydrogen (secondary N) is 1. The number of allylic oxidation sites excluding steroid dienone is 2. The fourth-order valence-corrected chi connectivity index (χ4v) is 14.6. The van der Waals surface area contributed by atoms with E-state index < -0.39 is 11.9 Å². The third-order valence-corrected chi connectivity index (χ3v) is 17.3. The molecule has 304 valence electrons. The number of amides is 1. The molecule has 56 heavy (non-hydrogen) atoms. The van der Waals surface area contributed by atoms with E-state index in [9.17, 15) is 24.6 Å². The molecule has 7 heteroatoms. The van der Waals surface area contributed by atoms with E-state index in [0.29, 0.717) is 54.8 Å². The molecule has 0 heterocycles. The molecule has 9 atom stereocenters. The molecule has 9 unspecified atom stereocenters. The second kappa shape index (κ2) is 15.4. The van der Waals surface area contributed by atoms with Crippen molar-refractivity contribution in [3.8, 4) is 0 Å². The summed E-state index contributed by atoms with van der Waals surface area (Å²) in [7, 11) is 0. The van der Waals surface area contributed by atoms with E-state index in [4.69, 9.17) is 0 Å². The SMILES string of the molecule is CCCCC1CCC2(C(=O)NCCN(CC(=O)O)Cc3ccccc3)CCC3(C)C(CCC4C5(C)CC=C(c6ccc(C(=O)O)cc6)C(C)(C)C5CCC43C)C12. The lowest BCUT2D eigenvalue weighted by Crippen LogP contribution is -2.66. The van der Waals surface area contributed by atoms with Crippen LogP contribution in [0.1, 0.15) is 140 Å². The van der Waals surface area contributed by atoms with Gasteiger partial charge in [0.05, 0.1) is 17.5 Å². The number of carboxylic acids is 2. The Balaban J connectivity index is 1.13. The maximum absolute atomic E-state index is 14.8. The number of hydrogen-bond donors (Lipinski definition) is 3. The van der Waals surface area contributed by atoms with Crippen molar-refractivity contribution in [2.45, 2.75) is 125 Å². The van der Waals surface area contributed by atoms with Crippen LogP contribution in [0.3, 0.4) is 0 Å². The summed E-state index contributed by atoms with van der Waals surface area (Å²) in [5.41, 5.74) is 4.05. The van der Waals surface area contributed by atoms with Gasteiger partial charge < -0.3 is 15.5 Å². The standard InChI is InChI=1S/C49H68N2O5/c1-7-8-14-35-21-26-49(44(56)50-29-30-51(32-41(52)53)31-33-12-10-9-11-13-33)28-27-47(5)38(42(35)49)19-20-40-46(4)24-22-37(34-15-17-36(18-16-34)43(54)55)45(2,3)39(46)23-25-48(40,47)6/h9-13,15-18,22,35,38-40,42H,7-8,14,19-21,23-32H2,1-6H3,(H,50,56)(H,52,53)(H,54,55). The molecule has 1 amide bonds. The molecule has 2 aromatic rings. The average molecular weight is 765 g/mol. The van der Waals surface area contributed by atoms with Crippen LogP contribution in [0, 0.1) is 56.7 Å². The number of carbonyl (C=O) groups is 3. The van der Waals surface area contributed by atoms with Crippen LogP contribution in [0.5, 0.6) is 0 Å². The van der Waals surface area contributed by atoms with Gasteiger partial charge >= 0.3 is 11.9 Å². The third kappa shape index (κ3) is 6.75. The molecule has 3 N–H and O–H groups in total. The predicted octanol–water partition coefficient (Wildman–Crippen LogP) is 10.4. The van der Waals surface area contributed by atoms with Crippen molar-refractivity contribution >= 4 is 23.4 Å². The first kappa shape index (κ1) is 40.7. The molecular weight excluding hydrogens is 697 g/mol. The Hall–Kier alpha value is -3.45. The molecule has 0 aromatic heterocycles. The van der Waals surface area contributed by atoms with Crippen LogP contribution in [-0.4, -0.2) is 52.6 Å². The quantitative estimate of drug-likeness (QED) is 0.188. The first-order valence-electron chi connectivity index (χ1n) is 21.9. The molecule has 5 aliphatic rings. The minimum Gasteiger partial charge on any atom is -0.480 e. The molecule has 4 fully saturated rings. The summed E-state index contributed by atoms with van der Waals surface area (Å²) in [5.74, 6) is 1.11. The van der Waals surface area contributed by atoms with Crippen molar-refractivity contribution in [1.29, 1.82) is 0 Å². The van der Waals surface area contributed by atoms with Crippen LogP contribution in [0.4, 0.5) is 0 Å². The average Bonchev–Trinajstić information content (AvgIpc) is 3.54. The van der Waals surface area contributed by atoms with E-state index >= 15 is 0 Å². The van der Waals surface area contributed by atoms with E-state index in [1.807, 2.05) is 47.4 Å². The topological polar surface area (TPSA) is 107 Å². The summed E-state index contributed by atoms with van der Waals surface area (Å²) < 4.78 is 0. The molecule has 4 saturated carbocycles. The van der Waals surface area contributed by atoms with Crippen molar-refractivity contribution in [3.63, 3.8) is 0 Å². The molecular formula is C49H68N2O5.